The Balaban J connectivity index is 1.78. The van der Waals surface area contributed by atoms with Gasteiger partial charge in [-0.25, -0.2) is 0 Å². The molecule has 0 radical (unpaired) electrons. The van der Waals surface area contributed by atoms with Crippen molar-refractivity contribution in [3.63, 3.8) is 0 Å². The Bertz CT molecular complexity index is 325. The molecule has 0 spiro atoms. The third-order valence-electron chi connectivity index (χ3n) is 4.64. The van der Waals surface area contributed by atoms with Gasteiger partial charge < -0.3 is 5.32 Å². The second-order valence-corrected chi connectivity index (χ2v) is 7.32. The van der Waals surface area contributed by atoms with Crippen molar-refractivity contribution in [2.24, 2.45) is 5.92 Å². The van der Waals surface area contributed by atoms with Gasteiger partial charge in [0, 0.05) is 10.9 Å². The maximum Gasteiger partial charge on any atom is 0.00954 e. The molecule has 1 aliphatic rings. The first-order valence-corrected chi connectivity index (χ1v) is 9.54. The third kappa shape index (κ3) is 5.57. The molecule has 114 valence electrons. The van der Waals surface area contributed by atoms with E-state index in [1.807, 2.05) is 11.3 Å². The van der Waals surface area contributed by atoms with Gasteiger partial charge in [-0.3, -0.25) is 0 Å². The van der Waals surface area contributed by atoms with Crippen LogP contribution in [-0.4, -0.2) is 12.6 Å². The molecule has 1 heterocycles. The van der Waals surface area contributed by atoms with Gasteiger partial charge in [0.15, 0.2) is 0 Å². The van der Waals surface area contributed by atoms with Crippen molar-refractivity contribution in [2.45, 2.75) is 77.2 Å². The molecule has 0 saturated heterocycles. The van der Waals surface area contributed by atoms with E-state index in [1.165, 1.54) is 70.8 Å². The molecule has 1 aromatic heterocycles. The highest BCUT2D eigenvalue weighted by Crippen LogP contribution is 2.28. The molecule has 1 fully saturated rings. The Labute approximate surface area is 129 Å². The first-order valence-electron chi connectivity index (χ1n) is 8.66. The Morgan fingerprint density at radius 1 is 1.25 bits per heavy atom. The minimum atomic E-state index is 0.771. The van der Waals surface area contributed by atoms with Crippen LogP contribution in [0.25, 0.3) is 0 Å². The molecule has 1 nitrogen and oxygen atoms in total. The summed E-state index contributed by atoms with van der Waals surface area (Å²) in [5, 5.41) is 6.05. The van der Waals surface area contributed by atoms with Crippen LogP contribution in [-0.2, 0) is 6.42 Å². The topological polar surface area (TPSA) is 12.0 Å². The molecule has 0 aromatic carbocycles. The lowest BCUT2D eigenvalue weighted by Crippen LogP contribution is -2.36. The average Bonchev–Trinajstić information content (AvgIpc) is 2.83. The van der Waals surface area contributed by atoms with Gasteiger partial charge in [-0.1, -0.05) is 38.7 Å². The maximum atomic E-state index is 3.85. The molecular formula is C18H31NS. The highest BCUT2D eigenvalue weighted by molar-refractivity contribution is 7.09. The van der Waals surface area contributed by atoms with E-state index in [4.69, 9.17) is 0 Å². The van der Waals surface area contributed by atoms with Gasteiger partial charge >= 0.3 is 0 Å². The lowest BCUT2D eigenvalue weighted by atomic mass is 9.88. The number of rotatable bonds is 8. The predicted molar refractivity (Wildman–Crippen MR) is 90.5 cm³/mol. The summed E-state index contributed by atoms with van der Waals surface area (Å²) in [5.74, 6) is 0.937. The van der Waals surface area contributed by atoms with Crippen LogP contribution in [0.4, 0.5) is 0 Å². The second-order valence-electron chi connectivity index (χ2n) is 6.28. The zero-order valence-corrected chi connectivity index (χ0v) is 13.9. The van der Waals surface area contributed by atoms with Gasteiger partial charge in [-0.2, -0.15) is 0 Å². The molecule has 1 aliphatic carbocycles. The van der Waals surface area contributed by atoms with Gasteiger partial charge in [0.1, 0.15) is 0 Å². The lowest BCUT2D eigenvalue weighted by Gasteiger charge is -2.27. The summed E-state index contributed by atoms with van der Waals surface area (Å²) in [4.78, 5) is 1.56. The van der Waals surface area contributed by atoms with E-state index >= 15 is 0 Å². The summed E-state index contributed by atoms with van der Waals surface area (Å²) in [6.45, 7) is 3.48. The molecule has 1 atom stereocenters. The van der Waals surface area contributed by atoms with Crippen molar-refractivity contribution in [2.75, 3.05) is 6.54 Å². The van der Waals surface area contributed by atoms with Crippen LogP contribution in [0, 0.1) is 5.92 Å². The van der Waals surface area contributed by atoms with E-state index in [0.29, 0.717) is 0 Å². The van der Waals surface area contributed by atoms with Crippen LogP contribution in [0.2, 0.25) is 0 Å². The van der Waals surface area contributed by atoms with Gasteiger partial charge in [-0.15, -0.1) is 11.3 Å². The minimum absolute atomic E-state index is 0.771. The van der Waals surface area contributed by atoms with Crippen molar-refractivity contribution in [1.82, 2.24) is 5.32 Å². The molecule has 2 rings (SSSR count). The van der Waals surface area contributed by atoms with Crippen LogP contribution in [0.1, 0.15) is 69.6 Å². The summed E-state index contributed by atoms with van der Waals surface area (Å²) in [5.41, 5.74) is 0. The zero-order chi connectivity index (χ0) is 14.0. The SMILES string of the molecule is CCCNC(CCCc1cccs1)C1CCCCCC1. The van der Waals surface area contributed by atoms with Crippen molar-refractivity contribution < 1.29 is 0 Å². The monoisotopic (exact) mass is 293 g/mol. The Hall–Kier alpha value is -0.340. The quantitative estimate of drug-likeness (QED) is 0.632. The zero-order valence-electron chi connectivity index (χ0n) is 13.1. The summed E-state index contributed by atoms with van der Waals surface area (Å²) in [6.07, 6.45) is 14.0. The molecule has 1 saturated carbocycles. The van der Waals surface area contributed by atoms with E-state index in [0.717, 1.165) is 12.0 Å². The van der Waals surface area contributed by atoms with Crippen molar-refractivity contribution >= 4 is 11.3 Å². The summed E-state index contributed by atoms with van der Waals surface area (Å²) >= 11 is 1.91. The highest BCUT2D eigenvalue weighted by Gasteiger charge is 2.21. The number of thiophene rings is 1. The second kappa shape index (κ2) is 9.57. The summed E-state index contributed by atoms with van der Waals surface area (Å²) in [6, 6.07) is 5.23. The van der Waals surface area contributed by atoms with E-state index in [2.05, 4.69) is 29.8 Å². The molecule has 20 heavy (non-hydrogen) atoms. The van der Waals surface area contributed by atoms with Crippen LogP contribution in [0.15, 0.2) is 17.5 Å². The number of hydrogen-bond donors (Lipinski definition) is 1. The van der Waals surface area contributed by atoms with Crippen LogP contribution in [0.5, 0.6) is 0 Å². The molecule has 1 aromatic rings. The van der Waals surface area contributed by atoms with Gasteiger partial charge in [0.25, 0.3) is 0 Å². The molecule has 2 heteroatoms. The Morgan fingerprint density at radius 3 is 2.70 bits per heavy atom. The lowest BCUT2D eigenvalue weighted by molar-refractivity contribution is 0.300. The first-order chi connectivity index (χ1) is 9.90. The highest BCUT2D eigenvalue weighted by atomic mass is 32.1. The first kappa shape index (κ1) is 16.0. The van der Waals surface area contributed by atoms with Crippen LogP contribution in [0.3, 0.4) is 0 Å². The van der Waals surface area contributed by atoms with Crippen molar-refractivity contribution in [3.8, 4) is 0 Å². The molecule has 1 unspecified atom stereocenters. The average molecular weight is 294 g/mol. The molecular weight excluding hydrogens is 262 g/mol. The van der Waals surface area contributed by atoms with Crippen LogP contribution < -0.4 is 5.32 Å². The minimum Gasteiger partial charge on any atom is -0.314 e. The fourth-order valence-corrected chi connectivity index (χ4v) is 4.25. The van der Waals surface area contributed by atoms with E-state index < -0.39 is 0 Å². The number of nitrogens with one attached hydrogen (secondary N) is 1. The van der Waals surface area contributed by atoms with Gasteiger partial charge in [0.2, 0.25) is 0 Å². The summed E-state index contributed by atoms with van der Waals surface area (Å²) in [7, 11) is 0. The molecule has 0 amide bonds. The molecule has 1 N–H and O–H groups in total. The molecule has 0 aliphatic heterocycles. The van der Waals surface area contributed by atoms with E-state index in [-0.39, 0.29) is 0 Å². The van der Waals surface area contributed by atoms with Crippen molar-refractivity contribution in [1.29, 1.82) is 0 Å². The van der Waals surface area contributed by atoms with Gasteiger partial charge in [0.05, 0.1) is 0 Å². The smallest absolute Gasteiger partial charge is 0.00954 e. The fourth-order valence-electron chi connectivity index (χ4n) is 3.50. The molecule has 0 bridgehead atoms. The number of hydrogen-bond acceptors (Lipinski definition) is 2. The Kier molecular flexibility index (Phi) is 7.67. The van der Waals surface area contributed by atoms with Crippen molar-refractivity contribution in [3.05, 3.63) is 22.4 Å². The van der Waals surface area contributed by atoms with E-state index in [1.54, 1.807) is 4.88 Å². The number of aryl methyl sites for hydroxylation is 1. The third-order valence-corrected chi connectivity index (χ3v) is 5.58. The fraction of sp³-hybridized carbons (Fsp3) is 0.778. The largest absolute Gasteiger partial charge is 0.314 e. The summed E-state index contributed by atoms with van der Waals surface area (Å²) < 4.78 is 0. The normalized spacial score (nSPS) is 18.9. The maximum absolute atomic E-state index is 3.85. The van der Waals surface area contributed by atoms with Crippen LogP contribution >= 0.6 is 11.3 Å². The van der Waals surface area contributed by atoms with Gasteiger partial charge in [-0.05, 0) is 62.4 Å². The van der Waals surface area contributed by atoms with E-state index in [9.17, 15) is 0 Å². The standard InChI is InChI=1S/C18H31NS/c1-2-14-19-18(16-9-5-3-4-6-10-16)13-7-11-17-12-8-15-20-17/h8,12,15-16,18-19H,2-7,9-11,13-14H2,1H3. The predicted octanol–water partition coefficient (Wildman–Crippen LogP) is 5.41. The Morgan fingerprint density at radius 2 is 2.05 bits per heavy atom.